The summed E-state index contributed by atoms with van der Waals surface area (Å²) >= 11 is 5.48. The summed E-state index contributed by atoms with van der Waals surface area (Å²) in [7, 11) is 0. The Kier molecular flexibility index (Phi) is 8.63. The van der Waals surface area contributed by atoms with Crippen LogP contribution in [0.15, 0.2) is 0 Å². The molecule has 16 heavy (non-hydrogen) atoms. The Morgan fingerprint density at radius 1 is 1.19 bits per heavy atom. The van der Waals surface area contributed by atoms with Gasteiger partial charge in [0.15, 0.2) is 5.11 Å². The molecule has 0 aromatic carbocycles. The maximum absolute atomic E-state index is 5.48. The lowest BCUT2D eigenvalue weighted by atomic mass is 10.1. The Morgan fingerprint density at radius 2 is 1.75 bits per heavy atom. The second-order valence-electron chi connectivity index (χ2n) is 4.75. The van der Waals surface area contributed by atoms with Gasteiger partial charge in [0, 0.05) is 19.1 Å². The molecule has 0 radical (unpaired) electrons. The van der Waals surface area contributed by atoms with Gasteiger partial charge >= 0.3 is 0 Å². The van der Waals surface area contributed by atoms with Gasteiger partial charge < -0.3 is 10.2 Å². The molecule has 0 unspecified atom stereocenters. The molecule has 3 heteroatoms. The summed E-state index contributed by atoms with van der Waals surface area (Å²) in [5, 5.41) is 4.28. The average molecular weight is 244 g/mol. The van der Waals surface area contributed by atoms with E-state index in [-0.39, 0.29) is 0 Å². The minimum absolute atomic E-state index is 0.583. The molecule has 0 aliphatic rings. The van der Waals surface area contributed by atoms with Crippen molar-refractivity contribution in [1.29, 1.82) is 0 Å². The van der Waals surface area contributed by atoms with Crippen LogP contribution in [0.3, 0.4) is 0 Å². The lowest BCUT2D eigenvalue weighted by Gasteiger charge is -2.34. The van der Waals surface area contributed by atoms with Crippen LogP contribution in [0.25, 0.3) is 0 Å². The quantitative estimate of drug-likeness (QED) is 0.691. The number of hydrogen-bond acceptors (Lipinski definition) is 1. The van der Waals surface area contributed by atoms with Crippen molar-refractivity contribution < 1.29 is 0 Å². The van der Waals surface area contributed by atoms with Crippen molar-refractivity contribution in [2.45, 2.75) is 59.9 Å². The van der Waals surface area contributed by atoms with Crippen molar-refractivity contribution in [3.63, 3.8) is 0 Å². The Morgan fingerprint density at radius 3 is 2.12 bits per heavy atom. The van der Waals surface area contributed by atoms with E-state index < -0.39 is 0 Å². The van der Waals surface area contributed by atoms with E-state index in [1.165, 1.54) is 0 Å². The predicted octanol–water partition coefficient (Wildman–Crippen LogP) is 3.42. The van der Waals surface area contributed by atoms with Crippen LogP contribution in [-0.2, 0) is 0 Å². The fourth-order valence-corrected chi connectivity index (χ4v) is 2.18. The summed E-state index contributed by atoms with van der Waals surface area (Å²) in [6.45, 7) is 13.2. The third-order valence-corrected chi connectivity index (χ3v) is 3.11. The van der Waals surface area contributed by atoms with Crippen LogP contribution in [0.1, 0.15) is 53.9 Å². The fraction of sp³-hybridized carbons (Fsp3) is 0.923. The largest absolute Gasteiger partial charge is 0.363 e. The van der Waals surface area contributed by atoms with Gasteiger partial charge in [-0.1, -0.05) is 34.6 Å². The summed E-state index contributed by atoms with van der Waals surface area (Å²) in [5.41, 5.74) is 0. The van der Waals surface area contributed by atoms with E-state index in [9.17, 15) is 0 Å². The van der Waals surface area contributed by atoms with Crippen molar-refractivity contribution >= 4 is 17.3 Å². The smallest absolute Gasteiger partial charge is 0.169 e. The molecule has 0 saturated carbocycles. The average Bonchev–Trinajstić information content (AvgIpc) is 2.25. The minimum atomic E-state index is 0.583. The first-order chi connectivity index (χ1) is 7.56. The van der Waals surface area contributed by atoms with Crippen LogP contribution in [0, 0.1) is 5.92 Å². The van der Waals surface area contributed by atoms with Crippen LogP contribution in [0.5, 0.6) is 0 Å². The molecule has 0 bridgehead atoms. The van der Waals surface area contributed by atoms with E-state index in [2.05, 4.69) is 44.8 Å². The molecule has 0 heterocycles. The Balaban J connectivity index is 4.44. The summed E-state index contributed by atoms with van der Waals surface area (Å²) in [6.07, 6.45) is 3.45. The standard InChI is InChI=1S/C13H28N2S/c1-6-9-14-13(16)15(10-11(4)5)12(7-2)8-3/h11-12H,6-10H2,1-5H3,(H,14,16). The molecular weight excluding hydrogens is 216 g/mol. The molecule has 0 rings (SSSR count). The van der Waals surface area contributed by atoms with E-state index in [4.69, 9.17) is 12.2 Å². The normalized spacial score (nSPS) is 10.9. The highest BCUT2D eigenvalue weighted by atomic mass is 32.1. The van der Waals surface area contributed by atoms with Gasteiger partial charge in [0.25, 0.3) is 0 Å². The third-order valence-electron chi connectivity index (χ3n) is 2.73. The molecule has 96 valence electrons. The van der Waals surface area contributed by atoms with Crippen molar-refractivity contribution in [2.75, 3.05) is 13.1 Å². The Labute approximate surface area is 107 Å². The summed E-state index contributed by atoms with van der Waals surface area (Å²) in [6, 6.07) is 0.583. The van der Waals surface area contributed by atoms with Crippen LogP contribution in [0.2, 0.25) is 0 Å². The number of hydrogen-bond donors (Lipinski definition) is 1. The highest BCUT2D eigenvalue weighted by Gasteiger charge is 2.18. The first-order valence-corrected chi connectivity index (χ1v) is 7.01. The molecule has 0 aliphatic heterocycles. The minimum Gasteiger partial charge on any atom is -0.363 e. The van der Waals surface area contributed by atoms with Gasteiger partial charge in [0.2, 0.25) is 0 Å². The zero-order chi connectivity index (χ0) is 12.6. The van der Waals surface area contributed by atoms with Crippen molar-refractivity contribution in [2.24, 2.45) is 5.92 Å². The zero-order valence-electron chi connectivity index (χ0n) is 11.5. The molecule has 0 amide bonds. The van der Waals surface area contributed by atoms with Gasteiger partial charge in [-0.2, -0.15) is 0 Å². The second kappa shape index (κ2) is 8.80. The molecule has 0 aromatic heterocycles. The second-order valence-corrected chi connectivity index (χ2v) is 5.14. The predicted molar refractivity (Wildman–Crippen MR) is 76.8 cm³/mol. The number of nitrogens with zero attached hydrogens (tertiary/aromatic N) is 1. The number of nitrogens with one attached hydrogen (secondary N) is 1. The van der Waals surface area contributed by atoms with E-state index in [0.29, 0.717) is 12.0 Å². The summed E-state index contributed by atoms with van der Waals surface area (Å²) in [4.78, 5) is 2.37. The molecule has 0 saturated heterocycles. The summed E-state index contributed by atoms with van der Waals surface area (Å²) in [5.74, 6) is 0.655. The van der Waals surface area contributed by atoms with Gasteiger partial charge in [0.05, 0.1) is 0 Å². The maximum atomic E-state index is 5.48. The van der Waals surface area contributed by atoms with Crippen molar-refractivity contribution in [3.05, 3.63) is 0 Å². The van der Waals surface area contributed by atoms with E-state index in [1.807, 2.05) is 0 Å². The third kappa shape index (κ3) is 5.69. The zero-order valence-corrected chi connectivity index (χ0v) is 12.4. The van der Waals surface area contributed by atoms with Gasteiger partial charge in [-0.15, -0.1) is 0 Å². The van der Waals surface area contributed by atoms with E-state index >= 15 is 0 Å². The number of thiocarbonyl (C=S) groups is 1. The molecular formula is C13H28N2S. The SMILES string of the molecule is CCCNC(=S)N(CC(C)C)C(CC)CC. The summed E-state index contributed by atoms with van der Waals surface area (Å²) < 4.78 is 0. The molecule has 0 spiro atoms. The first kappa shape index (κ1) is 15.7. The number of rotatable bonds is 7. The van der Waals surface area contributed by atoms with Crippen molar-refractivity contribution in [3.8, 4) is 0 Å². The van der Waals surface area contributed by atoms with Crippen LogP contribution in [0.4, 0.5) is 0 Å². The first-order valence-electron chi connectivity index (χ1n) is 6.61. The van der Waals surface area contributed by atoms with Gasteiger partial charge in [-0.05, 0) is 37.4 Å². The van der Waals surface area contributed by atoms with Crippen LogP contribution >= 0.6 is 12.2 Å². The van der Waals surface area contributed by atoms with Gasteiger partial charge in [-0.3, -0.25) is 0 Å². The molecule has 0 aromatic rings. The fourth-order valence-electron chi connectivity index (χ4n) is 1.85. The highest BCUT2D eigenvalue weighted by molar-refractivity contribution is 7.80. The maximum Gasteiger partial charge on any atom is 0.169 e. The Hall–Kier alpha value is -0.310. The van der Waals surface area contributed by atoms with Crippen LogP contribution < -0.4 is 5.32 Å². The van der Waals surface area contributed by atoms with E-state index in [0.717, 1.165) is 37.5 Å². The molecule has 2 nitrogen and oxygen atoms in total. The molecule has 0 aliphatic carbocycles. The molecule has 0 atom stereocenters. The lowest BCUT2D eigenvalue weighted by molar-refractivity contribution is 0.264. The van der Waals surface area contributed by atoms with E-state index in [1.54, 1.807) is 0 Å². The Bertz CT molecular complexity index is 188. The molecule has 1 N–H and O–H groups in total. The van der Waals surface area contributed by atoms with Crippen molar-refractivity contribution in [1.82, 2.24) is 10.2 Å². The van der Waals surface area contributed by atoms with Gasteiger partial charge in [-0.25, -0.2) is 0 Å². The lowest BCUT2D eigenvalue weighted by Crippen LogP contribution is -2.47. The van der Waals surface area contributed by atoms with Crippen LogP contribution in [-0.4, -0.2) is 29.1 Å². The highest BCUT2D eigenvalue weighted by Crippen LogP contribution is 2.11. The van der Waals surface area contributed by atoms with Gasteiger partial charge in [0.1, 0.15) is 0 Å². The monoisotopic (exact) mass is 244 g/mol. The topological polar surface area (TPSA) is 15.3 Å². The molecule has 0 fully saturated rings.